The minimum Gasteiger partial charge on any atom is -0.347 e. The van der Waals surface area contributed by atoms with Gasteiger partial charge in [0.25, 0.3) is 0 Å². The predicted molar refractivity (Wildman–Crippen MR) is 66.5 cm³/mol. The molecule has 0 unspecified atom stereocenters. The molecule has 0 N–H and O–H groups in total. The number of aryl methyl sites for hydroxylation is 2. The molecule has 0 aliphatic heterocycles. The molecule has 16 heavy (non-hydrogen) atoms. The first kappa shape index (κ1) is 10.7. The number of rotatable bonds is 2. The van der Waals surface area contributed by atoms with Gasteiger partial charge in [0.1, 0.15) is 0 Å². The molecule has 0 amide bonds. The zero-order valence-electron chi connectivity index (χ0n) is 9.60. The molecule has 0 aliphatic carbocycles. The lowest BCUT2D eigenvalue weighted by Gasteiger charge is -2.12. The van der Waals surface area contributed by atoms with Crippen LogP contribution in [0.1, 0.15) is 12.5 Å². The summed E-state index contributed by atoms with van der Waals surface area (Å²) in [5, 5.41) is 0. The Bertz CT molecular complexity index is 540. The summed E-state index contributed by atoms with van der Waals surface area (Å²) in [5.41, 5.74) is 2.96. The van der Waals surface area contributed by atoms with E-state index in [9.17, 15) is 4.79 Å². The Kier molecular flexibility index (Phi) is 2.91. The van der Waals surface area contributed by atoms with Gasteiger partial charge in [-0.05, 0) is 19.4 Å². The van der Waals surface area contributed by atoms with Gasteiger partial charge in [0, 0.05) is 24.4 Å². The van der Waals surface area contributed by atoms with Crippen LogP contribution in [0.3, 0.4) is 0 Å². The summed E-state index contributed by atoms with van der Waals surface area (Å²) in [6, 6.07) is 11.7. The number of aromatic nitrogens is 1. The fourth-order valence-electron chi connectivity index (χ4n) is 1.81. The van der Waals surface area contributed by atoms with Crippen molar-refractivity contribution in [3.05, 3.63) is 58.4 Å². The first-order valence-corrected chi connectivity index (χ1v) is 5.49. The van der Waals surface area contributed by atoms with Gasteiger partial charge >= 0.3 is 0 Å². The Labute approximate surface area is 95.2 Å². The highest BCUT2D eigenvalue weighted by molar-refractivity contribution is 5.59. The third-order valence-electron chi connectivity index (χ3n) is 2.73. The van der Waals surface area contributed by atoms with Crippen LogP contribution in [0.15, 0.2) is 47.4 Å². The number of nitrogens with zero attached hydrogens (tertiary/aromatic N) is 1. The molecule has 0 saturated heterocycles. The van der Waals surface area contributed by atoms with Gasteiger partial charge < -0.3 is 4.57 Å². The summed E-state index contributed by atoms with van der Waals surface area (Å²) < 4.78 is 2.10. The monoisotopic (exact) mass is 213 g/mol. The van der Waals surface area contributed by atoms with Gasteiger partial charge in [-0.1, -0.05) is 30.3 Å². The summed E-state index contributed by atoms with van der Waals surface area (Å²) in [6.45, 7) is 4.80. The summed E-state index contributed by atoms with van der Waals surface area (Å²) >= 11 is 0. The molecule has 1 aromatic heterocycles. The second-order valence-electron chi connectivity index (χ2n) is 3.86. The molecule has 0 saturated carbocycles. The highest BCUT2D eigenvalue weighted by atomic mass is 16.1. The van der Waals surface area contributed by atoms with Crippen LogP contribution in [0.4, 0.5) is 0 Å². The van der Waals surface area contributed by atoms with Crippen LogP contribution in [0, 0.1) is 6.92 Å². The van der Waals surface area contributed by atoms with Crippen molar-refractivity contribution in [2.75, 3.05) is 0 Å². The van der Waals surface area contributed by atoms with Crippen molar-refractivity contribution >= 4 is 0 Å². The molecule has 0 spiro atoms. The average Bonchev–Trinajstić information content (AvgIpc) is 2.33. The molecule has 0 fully saturated rings. The molecule has 2 aromatic rings. The van der Waals surface area contributed by atoms with Crippen molar-refractivity contribution in [1.29, 1.82) is 0 Å². The minimum absolute atomic E-state index is 0.101. The smallest absolute Gasteiger partial charge is 0.185 e. The van der Waals surface area contributed by atoms with E-state index < -0.39 is 0 Å². The van der Waals surface area contributed by atoms with Crippen molar-refractivity contribution < 1.29 is 0 Å². The highest BCUT2D eigenvalue weighted by Gasteiger charge is 2.04. The van der Waals surface area contributed by atoms with E-state index in [1.54, 1.807) is 6.07 Å². The number of pyridine rings is 1. The van der Waals surface area contributed by atoms with Crippen molar-refractivity contribution in [1.82, 2.24) is 4.57 Å². The standard InChI is InChI=1S/C14H15NO/c1-3-15-10-11(2)14(16)9-13(15)12-7-5-4-6-8-12/h4-10H,3H2,1-2H3. The normalized spacial score (nSPS) is 10.4. The maximum absolute atomic E-state index is 11.7. The Morgan fingerprint density at radius 3 is 2.50 bits per heavy atom. The van der Waals surface area contributed by atoms with Crippen molar-refractivity contribution in [2.24, 2.45) is 0 Å². The van der Waals surface area contributed by atoms with E-state index in [1.165, 1.54) is 0 Å². The third kappa shape index (κ3) is 1.91. The third-order valence-corrected chi connectivity index (χ3v) is 2.73. The number of hydrogen-bond donors (Lipinski definition) is 0. The Morgan fingerprint density at radius 1 is 1.19 bits per heavy atom. The number of hydrogen-bond acceptors (Lipinski definition) is 1. The van der Waals surface area contributed by atoms with Crippen LogP contribution < -0.4 is 5.43 Å². The quantitative estimate of drug-likeness (QED) is 0.751. The van der Waals surface area contributed by atoms with Crippen molar-refractivity contribution in [3.8, 4) is 11.3 Å². The molecule has 0 aliphatic rings. The van der Waals surface area contributed by atoms with Gasteiger partial charge in [0.15, 0.2) is 5.43 Å². The van der Waals surface area contributed by atoms with Gasteiger partial charge in [0.2, 0.25) is 0 Å². The Morgan fingerprint density at radius 2 is 1.88 bits per heavy atom. The van der Waals surface area contributed by atoms with Crippen LogP contribution in [0.5, 0.6) is 0 Å². The Balaban J connectivity index is 2.65. The van der Waals surface area contributed by atoms with E-state index in [0.29, 0.717) is 0 Å². The van der Waals surface area contributed by atoms with Crippen LogP contribution in [-0.2, 0) is 6.54 Å². The van der Waals surface area contributed by atoms with Crippen molar-refractivity contribution in [3.63, 3.8) is 0 Å². The molecule has 2 heteroatoms. The van der Waals surface area contributed by atoms with E-state index in [4.69, 9.17) is 0 Å². The molecule has 1 heterocycles. The molecule has 0 atom stereocenters. The highest BCUT2D eigenvalue weighted by Crippen LogP contribution is 2.17. The molecule has 82 valence electrons. The lowest BCUT2D eigenvalue weighted by atomic mass is 10.1. The van der Waals surface area contributed by atoms with E-state index in [2.05, 4.69) is 11.5 Å². The average molecular weight is 213 g/mol. The lowest BCUT2D eigenvalue weighted by molar-refractivity contribution is 0.757. The maximum atomic E-state index is 11.7. The molecular formula is C14H15NO. The van der Waals surface area contributed by atoms with Gasteiger partial charge in [-0.15, -0.1) is 0 Å². The van der Waals surface area contributed by atoms with Gasteiger partial charge in [-0.25, -0.2) is 0 Å². The van der Waals surface area contributed by atoms with Crippen molar-refractivity contribution in [2.45, 2.75) is 20.4 Å². The molecule has 2 rings (SSSR count). The van der Waals surface area contributed by atoms with Crippen LogP contribution in [0.2, 0.25) is 0 Å². The fraction of sp³-hybridized carbons (Fsp3) is 0.214. The maximum Gasteiger partial charge on any atom is 0.185 e. The molecule has 0 radical (unpaired) electrons. The molecule has 0 bridgehead atoms. The van der Waals surface area contributed by atoms with Crippen LogP contribution >= 0.6 is 0 Å². The SMILES string of the molecule is CCn1cc(C)c(=O)cc1-c1ccccc1. The van der Waals surface area contributed by atoms with Gasteiger partial charge in [-0.3, -0.25) is 4.79 Å². The minimum atomic E-state index is 0.101. The van der Waals surface area contributed by atoms with Gasteiger partial charge in [-0.2, -0.15) is 0 Å². The number of benzene rings is 1. The molecule has 2 nitrogen and oxygen atoms in total. The molecule has 1 aromatic carbocycles. The first-order chi connectivity index (χ1) is 7.72. The summed E-state index contributed by atoms with van der Waals surface area (Å²) in [5.74, 6) is 0. The Hall–Kier alpha value is -1.83. The van der Waals surface area contributed by atoms with Crippen LogP contribution in [0.25, 0.3) is 11.3 Å². The largest absolute Gasteiger partial charge is 0.347 e. The second kappa shape index (κ2) is 4.35. The topological polar surface area (TPSA) is 22.0 Å². The molecular weight excluding hydrogens is 198 g/mol. The first-order valence-electron chi connectivity index (χ1n) is 5.49. The second-order valence-corrected chi connectivity index (χ2v) is 3.86. The van der Waals surface area contributed by atoms with Gasteiger partial charge in [0.05, 0.1) is 5.69 Å². The summed E-state index contributed by atoms with van der Waals surface area (Å²) in [4.78, 5) is 11.7. The fourth-order valence-corrected chi connectivity index (χ4v) is 1.81. The van der Waals surface area contributed by atoms with E-state index in [-0.39, 0.29) is 5.43 Å². The zero-order valence-corrected chi connectivity index (χ0v) is 9.60. The summed E-state index contributed by atoms with van der Waals surface area (Å²) in [7, 11) is 0. The van der Waals surface area contributed by atoms with E-state index >= 15 is 0 Å². The van der Waals surface area contributed by atoms with E-state index in [0.717, 1.165) is 23.4 Å². The zero-order chi connectivity index (χ0) is 11.5. The summed E-state index contributed by atoms with van der Waals surface area (Å²) in [6.07, 6.45) is 1.92. The lowest BCUT2D eigenvalue weighted by Crippen LogP contribution is -2.11. The van der Waals surface area contributed by atoms with Crippen LogP contribution in [-0.4, -0.2) is 4.57 Å². The predicted octanol–water partition coefficient (Wildman–Crippen LogP) is 2.84. The van der Waals surface area contributed by atoms with E-state index in [1.807, 2.05) is 43.5 Å².